The maximum Gasteiger partial charge on any atom is 0.119 e. The zero-order valence-electron chi connectivity index (χ0n) is 20.2. The highest BCUT2D eigenvalue weighted by Gasteiger charge is 2.49. The fraction of sp³-hybridized carbons (Fsp3) is 0.464. The Balaban J connectivity index is 0.000000628. The third-order valence-electron chi connectivity index (χ3n) is 6.42. The lowest BCUT2D eigenvalue weighted by molar-refractivity contribution is -0.107. The molecule has 1 fully saturated rings. The standard InChI is InChI=1S/C25H32N2.C3H6O/c1-8-10-18-11-9-12-19-23(18)27-15-22(25(5,6)7)26-14-20(16(2)3)17(4)13-21(26)24(19)27;1-2-3-4/h9,11-14,22-23H,2,4,8,10,15H2,1,3,5-7H3;3H,2H2,1H3. The Hall–Kier alpha value is -2.55. The van der Waals surface area contributed by atoms with Crippen molar-refractivity contribution in [3.8, 4) is 0 Å². The normalized spacial score (nSPS) is 23.9. The highest BCUT2D eigenvalue weighted by Crippen LogP contribution is 2.51. The monoisotopic (exact) mass is 418 g/mol. The molecule has 0 spiro atoms. The van der Waals surface area contributed by atoms with Crippen molar-refractivity contribution in [3.63, 3.8) is 0 Å². The van der Waals surface area contributed by atoms with Gasteiger partial charge in [-0.3, -0.25) is 0 Å². The van der Waals surface area contributed by atoms with Crippen LogP contribution in [0.2, 0.25) is 0 Å². The Kier molecular flexibility index (Phi) is 6.64. The molecule has 0 amide bonds. The number of aldehydes is 1. The van der Waals surface area contributed by atoms with Crippen molar-refractivity contribution in [1.82, 2.24) is 9.80 Å². The molecule has 4 rings (SSSR count). The van der Waals surface area contributed by atoms with E-state index in [0.717, 1.165) is 24.0 Å². The van der Waals surface area contributed by atoms with Gasteiger partial charge in [0.1, 0.15) is 6.29 Å². The van der Waals surface area contributed by atoms with Gasteiger partial charge in [0, 0.05) is 24.7 Å². The topological polar surface area (TPSA) is 23.6 Å². The number of nitrogens with zero attached hydrogens (tertiary/aromatic N) is 2. The number of fused-ring (bicyclic) bond motifs is 5. The third kappa shape index (κ3) is 4.15. The molecule has 0 aromatic carbocycles. The molecular weight excluding hydrogens is 380 g/mol. The molecule has 3 nitrogen and oxygen atoms in total. The molecule has 0 radical (unpaired) electrons. The van der Waals surface area contributed by atoms with Gasteiger partial charge in [-0.25, -0.2) is 0 Å². The van der Waals surface area contributed by atoms with Crippen LogP contribution in [0.5, 0.6) is 0 Å². The minimum absolute atomic E-state index is 0.175. The first kappa shape index (κ1) is 23.1. The molecule has 1 aliphatic carbocycles. The zero-order chi connectivity index (χ0) is 22.9. The summed E-state index contributed by atoms with van der Waals surface area (Å²) in [7, 11) is 0. The lowest BCUT2D eigenvalue weighted by Crippen LogP contribution is -2.62. The van der Waals surface area contributed by atoms with Crippen molar-refractivity contribution in [3.05, 3.63) is 82.9 Å². The maximum atomic E-state index is 9.17. The van der Waals surface area contributed by atoms with E-state index in [9.17, 15) is 4.79 Å². The van der Waals surface area contributed by atoms with Gasteiger partial charge in [0.2, 0.25) is 0 Å². The van der Waals surface area contributed by atoms with Gasteiger partial charge in [0.25, 0.3) is 0 Å². The van der Waals surface area contributed by atoms with Gasteiger partial charge in [0.05, 0.1) is 23.5 Å². The summed E-state index contributed by atoms with van der Waals surface area (Å²) >= 11 is 0. The van der Waals surface area contributed by atoms with Crippen molar-refractivity contribution in [1.29, 1.82) is 0 Å². The second-order valence-electron chi connectivity index (χ2n) is 9.95. The molecule has 1 saturated heterocycles. The number of piperazine rings is 1. The first-order chi connectivity index (χ1) is 14.6. The fourth-order valence-corrected chi connectivity index (χ4v) is 4.87. The number of hydrogen-bond acceptors (Lipinski definition) is 3. The first-order valence-electron chi connectivity index (χ1n) is 11.5. The minimum Gasteiger partial charge on any atom is -0.357 e. The van der Waals surface area contributed by atoms with Crippen LogP contribution in [-0.2, 0) is 4.79 Å². The summed E-state index contributed by atoms with van der Waals surface area (Å²) in [6, 6.07) is 0.892. The molecule has 2 atom stereocenters. The average molecular weight is 419 g/mol. The highest BCUT2D eigenvalue weighted by atomic mass is 16.1. The summed E-state index contributed by atoms with van der Waals surface area (Å²) in [5, 5.41) is 0. The largest absolute Gasteiger partial charge is 0.357 e. The quantitative estimate of drug-likeness (QED) is 0.490. The van der Waals surface area contributed by atoms with E-state index < -0.39 is 0 Å². The smallest absolute Gasteiger partial charge is 0.119 e. The number of allylic oxidation sites excluding steroid dienone is 6. The van der Waals surface area contributed by atoms with E-state index in [1.54, 1.807) is 5.57 Å². The van der Waals surface area contributed by atoms with Crippen LogP contribution in [0.25, 0.3) is 0 Å². The van der Waals surface area contributed by atoms with Crippen molar-refractivity contribution < 1.29 is 4.79 Å². The molecule has 0 aromatic rings. The van der Waals surface area contributed by atoms with Gasteiger partial charge < -0.3 is 14.6 Å². The highest BCUT2D eigenvalue weighted by molar-refractivity contribution is 5.63. The molecule has 2 unspecified atom stereocenters. The van der Waals surface area contributed by atoms with E-state index in [-0.39, 0.29) is 5.41 Å². The predicted molar refractivity (Wildman–Crippen MR) is 131 cm³/mol. The fourth-order valence-electron chi connectivity index (χ4n) is 4.87. The van der Waals surface area contributed by atoms with E-state index in [1.807, 2.05) is 6.92 Å². The summed E-state index contributed by atoms with van der Waals surface area (Å²) in [6.07, 6.45) is 15.3. The molecule has 166 valence electrons. The van der Waals surface area contributed by atoms with Crippen LogP contribution in [0.15, 0.2) is 82.9 Å². The van der Waals surface area contributed by atoms with E-state index in [4.69, 9.17) is 0 Å². The molecule has 4 aliphatic rings. The van der Waals surface area contributed by atoms with Crippen LogP contribution in [0.3, 0.4) is 0 Å². The number of carbonyl (C=O) groups excluding carboxylic acids is 1. The van der Waals surface area contributed by atoms with E-state index in [0.29, 0.717) is 18.5 Å². The van der Waals surface area contributed by atoms with Crippen LogP contribution in [0.4, 0.5) is 0 Å². The third-order valence-corrected chi connectivity index (χ3v) is 6.42. The Bertz CT molecular complexity index is 933. The molecule has 3 heteroatoms. The molecule has 0 bridgehead atoms. The van der Waals surface area contributed by atoms with Crippen molar-refractivity contribution in [2.75, 3.05) is 6.54 Å². The van der Waals surface area contributed by atoms with Gasteiger partial charge in [-0.2, -0.15) is 0 Å². The molecule has 3 aliphatic heterocycles. The number of hydrogen-bond donors (Lipinski definition) is 0. The van der Waals surface area contributed by atoms with E-state index in [2.05, 4.69) is 88.1 Å². The van der Waals surface area contributed by atoms with Crippen LogP contribution >= 0.6 is 0 Å². The zero-order valence-corrected chi connectivity index (χ0v) is 20.2. The Morgan fingerprint density at radius 2 is 1.97 bits per heavy atom. The lowest BCUT2D eigenvalue weighted by atomic mass is 9.74. The summed E-state index contributed by atoms with van der Waals surface area (Å²) in [5.41, 5.74) is 9.26. The van der Waals surface area contributed by atoms with Crippen LogP contribution in [0.1, 0.15) is 60.8 Å². The van der Waals surface area contributed by atoms with Gasteiger partial charge >= 0.3 is 0 Å². The van der Waals surface area contributed by atoms with Crippen LogP contribution in [-0.4, -0.2) is 34.7 Å². The second-order valence-corrected chi connectivity index (χ2v) is 9.95. The minimum atomic E-state index is 0.175. The first-order valence-corrected chi connectivity index (χ1v) is 11.5. The van der Waals surface area contributed by atoms with Crippen LogP contribution in [0, 0.1) is 5.41 Å². The maximum absolute atomic E-state index is 9.17. The summed E-state index contributed by atoms with van der Waals surface area (Å²) in [4.78, 5) is 14.3. The second kappa shape index (κ2) is 8.90. The van der Waals surface area contributed by atoms with Gasteiger partial charge in [-0.15, -0.1) is 0 Å². The van der Waals surface area contributed by atoms with Gasteiger partial charge in [-0.05, 0) is 47.1 Å². The number of rotatable bonds is 4. The van der Waals surface area contributed by atoms with E-state index in [1.165, 1.54) is 35.4 Å². The molecular formula is C28H38N2O. The lowest BCUT2D eigenvalue weighted by Gasteiger charge is -2.59. The molecule has 3 heterocycles. The molecule has 0 aromatic heterocycles. The van der Waals surface area contributed by atoms with Crippen LogP contribution < -0.4 is 0 Å². The van der Waals surface area contributed by atoms with Gasteiger partial charge in [0.15, 0.2) is 0 Å². The van der Waals surface area contributed by atoms with Crippen molar-refractivity contribution in [2.45, 2.75) is 72.9 Å². The Morgan fingerprint density at radius 1 is 1.29 bits per heavy atom. The Morgan fingerprint density at radius 3 is 2.52 bits per heavy atom. The molecule has 0 N–H and O–H groups in total. The van der Waals surface area contributed by atoms with E-state index >= 15 is 0 Å². The van der Waals surface area contributed by atoms with Crippen molar-refractivity contribution in [2.24, 2.45) is 5.41 Å². The van der Waals surface area contributed by atoms with Crippen molar-refractivity contribution >= 4 is 6.29 Å². The summed E-state index contributed by atoms with van der Waals surface area (Å²) < 4.78 is 0. The number of carbonyl (C=O) groups is 1. The average Bonchev–Trinajstić information content (AvgIpc) is 2.69. The SMILES string of the molecule is C=C(C)C1=CN2C(=CC1=C)C1=C3C=CC=C(CCC)C3N1CC2C(C)(C)C.CCC=O. The molecule has 31 heavy (non-hydrogen) atoms. The predicted octanol–water partition coefficient (Wildman–Crippen LogP) is 6.46. The summed E-state index contributed by atoms with van der Waals surface area (Å²) in [6.45, 7) is 22.8. The Labute approximate surface area is 188 Å². The summed E-state index contributed by atoms with van der Waals surface area (Å²) in [5.74, 6) is 0. The molecule has 0 saturated carbocycles. The van der Waals surface area contributed by atoms with Gasteiger partial charge in [-0.1, -0.05) is 72.4 Å².